The van der Waals surface area contributed by atoms with Crippen LogP contribution in [-0.4, -0.2) is 28.9 Å². The molecule has 1 atom stereocenters. The largest absolute Gasteiger partial charge is 0.545 e. The summed E-state index contributed by atoms with van der Waals surface area (Å²) in [5, 5.41) is 13.1. The highest BCUT2D eigenvalue weighted by Crippen LogP contribution is 2.35. The van der Waals surface area contributed by atoms with Gasteiger partial charge in [0.1, 0.15) is 0 Å². The van der Waals surface area contributed by atoms with E-state index >= 15 is 0 Å². The van der Waals surface area contributed by atoms with E-state index in [-0.39, 0.29) is 23.8 Å². The van der Waals surface area contributed by atoms with Gasteiger partial charge in [-0.25, -0.2) is 4.90 Å². The van der Waals surface area contributed by atoms with Gasteiger partial charge in [-0.3, -0.25) is 14.4 Å². The van der Waals surface area contributed by atoms with E-state index in [0.717, 1.165) is 16.7 Å². The number of rotatable bonds is 5. The maximum absolute atomic E-state index is 12.7. The Hall–Kier alpha value is -3.13. The number of carboxylic acids is 1. The molecule has 3 rings (SSSR count). The summed E-state index contributed by atoms with van der Waals surface area (Å²) in [6, 6.07) is 12.6. The van der Waals surface area contributed by atoms with Crippen LogP contribution in [0.4, 0.5) is 11.4 Å². The molecule has 0 saturated carbocycles. The van der Waals surface area contributed by atoms with E-state index in [0.29, 0.717) is 16.3 Å². The number of aromatic carboxylic acids is 1. The second-order valence-corrected chi connectivity index (χ2v) is 7.13. The molecule has 1 unspecified atom stereocenters. The fraction of sp³-hybridized carbons (Fsp3) is 0.158. The van der Waals surface area contributed by atoms with Crippen LogP contribution in [0.3, 0.4) is 0 Å². The highest BCUT2D eigenvalue weighted by molar-refractivity contribution is 8.00. The molecular formula is C19H15N2O5S-. The maximum Gasteiger partial charge on any atom is 0.247 e. The Balaban J connectivity index is 1.79. The molecule has 0 aromatic heterocycles. The predicted octanol–water partition coefficient (Wildman–Crippen LogP) is 1.43. The Labute approximate surface area is 159 Å². The van der Waals surface area contributed by atoms with Gasteiger partial charge >= 0.3 is 0 Å². The van der Waals surface area contributed by atoms with Crippen molar-refractivity contribution >= 4 is 46.8 Å². The van der Waals surface area contributed by atoms with Gasteiger partial charge in [-0.15, -0.1) is 11.8 Å². The van der Waals surface area contributed by atoms with Gasteiger partial charge in [0.25, 0.3) is 0 Å². The molecule has 1 fully saturated rings. The van der Waals surface area contributed by atoms with Crippen molar-refractivity contribution in [3.05, 3.63) is 54.1 Å². The van der Waals surface area contributed by atoms with E-state index in [4.69, 9.17) is 0 Å². The SMILES string of the molecule is CC(=O)Nc1ccc(N2C(=O)CC(Sc3ccccc3C(=O)[O-])C2=O)cc1. The average molecular weight is 383 g/mol. The van der Waals surface area contributed by atoms with Crippen LogP contribution in [0.15, 0.2) is 53.4 Å². The van der Waals surface area contributed by atoms with Crippen LogP contribution >= 0.6 is 11.8 Å². The molecule has 2 aromatic rings. The fourth-order valence-corrected chi connectivity index (χ4v) is 3.93. The minimum atomic E-state index is -1.33. The Morgan fingerprint density at radius 3 is 2.41 bits per heavy atom. The van der Waals surface area contributed by atoms with E-state index in [9.17, 15) is 24.3 Å². The summed E-state index contributed by atoms with van der Waals surface area (Å²) in [5.74, 6) is -2.33. The molecule has 0 bridgehead atoms. The molecule has 2 aromatic carbocycles. The summed E-state index contributed by atoms with van der Waals surface area (Å²) in [6.45, 7) is 1.38. The van der Waals surface area contributed by atoms with Crippen LogP contribution in [-0.2, 0) is 14.4 Å². The number of hydrogen-bond donors (Lipinski definition) is 1. The topological polar surface area (TPSA) is 107 Å². The molecule has 1 saturated heterocycles. The first-order valence-electron chi connectivity index (χ1n) is 8.08. The summed E-state index contributed by atoms with van der Waals surface area (Å²) in [7, 11) is 0. The first-order valence-corrected chi connectivity index (χ1v) is 8.96. The summed E-state index contributed by atoms with van der Waals surface area (Å²) < 4.78 is 0. The van der Waals surface area contributed by atoms with Crippen LogP contribution in [0.1, 0.15) is 23.7 Å². The smallest absolute Gasteiger partial charge is 0.247 e. The molecule has 1 heterocycles. The van der Waals surface area contributed by atoms with Crippen LogP contribution in [0.2, 0.25) is 0 Å². The third kappa shape index (κ3) is 4.01. The highest BCUT2D eigenvalue weighted by atomic mass is 32.2. The molecule has 7 nitrogen and oxygen atoms in total. The maximum atomic E-state index is 12.7. The van der Waals surface area contributed by atoms with Gasteiger partial charge in [-0.05, 0) is 30.3 Å². The van der Waals surface area contributed by atoms with Gasteiger partial charge in [0, 0.05) is 29.5 Å². The quantitative estimate of drug-likeness (QED) is 0.783. The first kappa shape index (κ1) is 18.7. The van der Waals surface area contributed by atoms with Crippen molar-refractivity contribution in [3.8, 4) is 0 Å². The lowest BCUT2D eigenvalue weighted by Crippen LogP contribution is -2.31. The van der Waals surface area contributed by atoms with Crippen molar-refractivity contribution in [2.24, 2.45) is 0 Å². The summed E-state index contributed by atoms with van der Waals surface area (Å²) in [5.41, 5.74) is 0.940. The lowest BCUT2D eigenvalue weighted by molar-refractivity contribution is -0.255. The molecule has 3 amide bonds. The third-order valence-electron chi connectivity index (χ3n) is 3.93. The molecule has 1 N–H and O–H groups in total. The summed E-state index contributed by atoms with van der Waals surface area (Å²) >= 11 is 1.04. The van der Waals surface area contributed by atoms with E-state index in [1.54, 1.807) is 42.5 Å². The Kier molecular flexibility index (Phi) is 5.27. The number of carboxylic acid groups (broad SMARTS) is 1. The summed E-state index contributed by atoms with van der Waals surface area (Å²) in [4.78, 5) is 48.8. The van der Waals surface area contributed by atoms with Gasteiger partial charge in [-0.2, -0.15) is 0 Å². The molecule has 0 radical (unpaired) electrons. The molecular weight excluding hydrogens is 368 g/mol. The molecule has 27 heavy (non-hydrogen) atoms. The Morgan fingerprint density at radius 1 is 1.11 bits per heavy atom. The van der Waals surface area contributed by atoms with E-state index in [1.807, 2.05) is 0 Å². The first-order chi connectivity index (χ1) is 12.9. The summed E-state index contributed by atoms with van der Waals surface area (Å²) in [6.07, 6.45) is -0.0294. The third-order valence-corrected chi connectivity index (χ3v) is 5.19. The second kappa shape index (κ2) is 7.63. The van der Waals surface area contributed by atoms with Gasteiger partial charge < -0.3 is 15.2 Å². The van der Waals surface area contributed by atoms with Gasteiger partial charge in [0.05, 0.1) is 16.9 Å². The van der Waals surface area contributed by atoms with Crippen LogP contribution in [0.25, 0.3) is 0 Å². The Bertz CT molecular complexity index is 926. The van der Waals surface area contributed by atoms with E-state index in [2.05, 4.69) is 5.32 Å². The van der Waals surface area contributed by atoms with Crippen LogP contribution in [0, 0.1) is 0 Å². The van der Waals surface area contributed by atoms with Crippen molar-refractivity contribution < 1.29 is 24.3 Å². The number of imide groups is 1. The predicted molar refractivity (Wildman–Crippen MR) is 98.3 cm³/mol. The molecule has 0 aliphatic carbocycles. The Morgan fingerprint density at radius 2 is 1.78 bits per heavy atom. The monoisotopic (exact) mass is 383 g/mol. The number of carbonyl (C=O) groups is 4. The number of carbonyl (C=O) groups excluding carboxylic acids is 4. The van der Waals surface area contributed by atoms with Crippen LogP contribution < -0.4 is 15.3 Å². The highest BCUT2D eigenvalue weighted by Gasteiger charge is 2.40. The number of nitrogens with zero attached hydrogens (tertiary/aromatic N) is 1. The molecule has 1 aliphatic heterocycles. The van der Waals surface area contributed by atoms with Crippen molar-refractivity contribution in [1.82, 2.24) is 0 Å². The average Bonchev–Trinajstić information content (AvgIpc) is 2.89. The number of amides is 3. The number of hydrogen-bond acceptors (Lipinski definition) is 6. The number of nitrogens with one attached hydrogen (secondary N) is 1. The zero-order chi connectivity index (χ0) is 19.6. The minimum absolute atomic E-state index is 0.0131. The molecule has 8 heteroatoms. The zero-order valence-electron chi connectivity index (χ0n) is 14.3. The lowest BCUT2D eigenvalue weighted by Gasteiger charge is -2.16. The lowest BCUT2D eigenvalue weighted by atomic mass is 10.2. The molecule has 1 aliphatic rings. The second-order valence-electron chi connectivity index (χ2n) is 5.89. The zero-order valence-corrected chi connectivity index (χ0v) is 15.1. The van der Waals surface area contributed by atoms with Crippen molar-refractivity contribution in [2.75, 3.05) is 10.2 Å². The van der Waals surface area contributed by atoms with E-state index < -0.39 is 17.1 Å². The molecule has 138 valence electrons. The van der Waals surface area contributed by atoms with Crippen molar-refractivity contribution in [1.29, 1.82) is 0 Å². The van der Waals surface area contributed by atoms with Crippen molar-refractivity contribution in [3.63, 3.8) is 0 Å². The van der Waals surface area contributed by atoms with Gasteiger partial charge in [0.15, 0.2) is 0 Å². The van der Waals surface area contributed by atoms with E-state index in [1.165, 1.54) is 13.0 Å². The number of anilines is 2. The van der Waals surface area contributed by atoms with Gasteiger partial charge in [-0.1, -0.05) is 18.2 Å². The van der Waals surface area contributed by atoms with Crippen LogP contribution in [0.5, 0.6) is 0 Å². The van der Waals surface area contributed by atoms with Crippen molar-refractivity contribution in [2.45, 2.75) is 23.5 Å². The number of thioether (sulfide) groups is 1. The standard InChI is InChI=1S/C19H16N2O5S/c1-11(22)20-12-6-8-13(9-7-12)21-17(23)10-16(18(21)24)27-15-5-3-2-4-14(15)19(25)26/h2-9,16H,10H2,1H3,(H,20,22)(H,25,26)/p-1. The number of benzene rings is 2. The van der Waals surface area contributed by atoms with Gasteiger partial charge in [0.2, 0.25) is 17.7 Å². The molecule has 0 spiro atoms. The normalized spacial score (nSPS) is 16.5. The fourth-order valence-electron chi connectivity index (χ4n) is 2.76. The minimum Gasteiger partial charge on any atom is -0.545 e.